The van der Waals surface area contributed by atoms with E-state index in [4.69, 9.17) is 9.84 Å². The number of aliphatic carboxylic acids is 1. The van der Waals surface area contributed by atoms with Crippen LogP contribution < -0.4 is 10.6 Å². The number of hydrogen-bond donors (Lipinski definition) is 3. The number of hydrogen-bond acceptors (Lipinski definition) is 4. The third-order valence-corrected chi connectivity index (χ3v) is 2.98. The van der Waals surface area contributed by atoms with E-state index in [9.17, 15) is 9.59 Å². The number of ether oxygens (including phenoxy) is 1. The molecule has 0 saturated heterocycles. The second-order valence-corrected chi connectivity index (χ2v) is 5.92. The zero-order valence-corrected chi connectivity index (χ0v) is 11.9. The molecular formula is C13H24N2O4. The van der Waals surface area contributed by atoms with Crippen molar-refractivity contribution in [3.05, 3.63) is 0 Å². The molecule has 1 amide bonds. The average molecular weight is 272 g/mol. The minimum atomic E-state index is -0.887. The van der Waals surface area contributed by atoms with Gasteiger partial charge in [0.15, 0.2) is 0 Å². The smallest absolute Gasteiger partial charge is 0.407 e. The van der Waals surface area contributed by atoms with Crippen molar-refractivity contribution in [3.63, 3.8) is 0 Å². The topological polar surface area (TPSA) is 87.7 Å². The van der Waals surface area contributed by atoms with Crippen molar-refractivity contribution in [1.29, 1.82) is 0 Å². The summed E-state index contributed by atoms with van der Waals surface area (Å²) in [7, 11) is 0. The molecule has 1 fully saturated rings. The van der Waals surface area contributed by atoms with E-state index in [0.29, 0.717) is 0 Å². The fraction of sp³-hybridized carbons (Fsp3) is 0.846. The highest BCUT2D eigenvalue weighted by atomic mass is 16.6. The van der Waals surface area contributed by atoms with Gasteiger partial charge in [-0.1, -0.05) is 12.8 Å². The van der Waals surface area contributed by atoms with Crippen molar-refractivity contribution >= 4 is 12.1 Å². The zero-order chi connectivity index (χ0) is 14.5. The Morgan fingerprint density at radius 3 is 2.32 bits per heavy atom. The summed E-state index contributed by atoms with van der Waals surface area (Å²) in [4.78, 5) is 22.3. The minimum absolute atomic E-state index is 0.00244. The molecular weight excluding hydrogens is 248 g/mol. The summed E-state index contributed by atoms with van der Waals surface area (Å²) in [5, 5.41) is 14.5. The van der Waals surface area contributed by atoms with Crippen LogP contribution in [0.5, 0.6) is 0 Å². The summed E-state index contributed by atoms with van der Waals surface area (Å²) < 4.78 is 5.22. The van der Waals surface area contributed by atoms with Gasteiger partial charge in [-0.25, -0.2) is 4.79 Å². The van der Waals surface area contributed by atoms with Gasteiger partial charge in [0, 0.05) is 12.1 Å². The lowest BCUT2D eigenvalue weighted by Gasteiger charge is -2.33. The SMILES string of the molecule is CC(C)(C)OC(=O)N[C@H]1CCCC[C@H]1NCC(=O)O. The molecule has 1 saturated carbocycles. The van der Waals surface area contributed by atoms with Crippen LogP contribution in [0.4, 0.5) is 4.79 Å². The molecule has 0 aromatic heterocycles. The second kappa shape index (κ2) is 6.75. The van der Waals surface area contributed by atoms with Crippen LogP contribution in [0, 0.1) is 0 Å². The van der Waals surface area contributed by atoms with Crippen LogP contribution in [0.25, 0.3) is 0 Å². The predicted molar refractivity (Wildman–Crippen MR) is 71.1 cm³/mol. The van der Waals surface area contributed by atoms with E-state index in [1.807, 2.05) is 20.8 Å². The maximum atomic E-state index is 11.7. The first kappa shape index (κ1) is 15.8. The summed E-state index contributed by atoms with van der Waals surface area (Å²) in [6.45, 7) is 5.35. The molecule has 0 aromatic carbocycles. The summed E-state index contributed by atoms with van der Waals surface area (Å²) in [5.41, 5.74) is -0.525. The van der Waals surface area contributed by atoms with Crippen molar-refractivity contribution in [2.24, 2.45) is 0 Å². The first-order chi connectivity index (χ1) is 8.78. The van der Waals surface area contributed by atoms with E-state index in [2.05, 4.69) is 10.6 Å². The normalized spacial score (nSPS) is 23.7. The Hall–Kier alpha value is -1.30. The number of amides is 1. The molecule has 1 aliphatic carbocycles. The van der Waals surface area contributed by atoms with Crippen LogP contribution in [0.1, 0.15) is 46.5 Å². The number of alkyl carbamates (subject to hydrolysis) is 1. The maximum absolute atomic E-state index is 11.7. The lowest BCUT2D eigenvalue weighted by Crippen LogP contribution is -2.53. The third kappa shape index (κ3) is 6.42. The predicted octanol–water partition coefficient (Wildman–Crippen LogP) is 1.50. The summed E-state index contributed by atoms with van der Waals surface area (Å²) >= 11 is 0. The third-order valence-electron chi connectivity index (χ3n) is 2.98. The molecule has 19 heavy (non-hydrogen) atoms. The van der Waals surface area contributed by atoms with Gasteiger partial charge < -0.3 is 20.5 Å². The molecule has 2 atom stereocenters. The number of nitrogens with one attached hydrogen (secondary N) is 2. The number of carboxylic acids is 1. The van der Waals surface area contributed by atoms with Gasteiger partial charge in [0.1, 0.15) is 5.60 Å². The van der Waals surface area contributed by atoms with Gasteiger partial charge in [0.25, 0.3) is 0 Å². The molecule has 0 bridgehead atoms. The molecule has 6 nitrogen and oxygen atoms in total. The molecule has 1 aliphatic rings. The van der Waals surface area contributed by atoms with Crippen LogP contribution in [0.2, 0.25) is 0 Å². The highest BCUT2D eigenvalue weighted by Crippen LogP contribution is 2.19. The molecule has 110 valence electrons. The molecule has 6 heteroatoms. The van der Waals surface area contributed by atoms with Crippen molar-refractivity contribution in [2.45, 2.75) is 64.1 Å². The van der Waals surface area contributed by atoms with Crippen molar-refractivity contribution < 1.29 is 19.4 Å². The Bertz CT molecular complexity index is 325. The van der Waals surface area contributed by atoms with Crippen molar-refractivity contribution in [1.82, 2.24) is 10.6 Å². The molecule has 0 radical (unpaired) electrons. The van der Waals surface area contributed by atoms with Crippen LogP contribution >= 0.6 is 0 Å². The van der Waals surface area contributed by atoms with Gasteiger partial charge in [-0.05, 0) is 33.6 Å². The van der Waals surface area contributed by atoms with Crippen LogP contribution in [-0.4, -0.2) is 41.4 Å². The fourth-order valence-corrected chi connectivity index (χ4v) is 2.23. The second-order valence-electron chi connectivity index (χ2n) is 5.92. The summed E-state index contributed by atoms with van der Waals surface area (Å²) in [6, 6.07) is -0.0691. The molecule has 1 rings (SSSR count). The number of rotatable bonds is 4. The average Bonchev–Trinajstić information content (AvgIpc) is 2.25. The van der Waals surface area contributed by atoms with E-state index in [1.54, 1.807) is 0 Å². The van der Waals surface area contributed by atoms with Crippen molar-refractivity contribution in [3.8, 4) is 0 Å². The Morgan fingerprint density at radius 2 is 1.79 bits per heavy atom. The number of carbonyl (C=O) groups excluding carboxylic acids is 1. The first-order valence-corrected chi connectivity index (χ1v) is 6.72. The first-order valence-electron chi connectivity index (χ1n) is 6.72. The van der Waals surface area contributed by atoms with E-state index in [1.165, 1.54) is 0 Å². The largest absolute Gasteiger partial charge is 0.480 e. The minimum Gasteiger partial charge on any atom is -0.480 e. The fourth-order valence-electron chi connectivity index (χ4n) is 2.23. The Labute approximate surface area is 113 Å². The van der Waals surface area contributed by atoms with Gasteiger partial charge in [-0.3, -0.25) is 4.79 Å². The quantitative estimate of drug-likeness (QED) is 0.722. The van der Waals surface area contributed by atoms with E-state index in [-0.39, 0.29) is 18.6 Å². The monoisotopic (exact) mass is 272 g/mol. The lowest BCUT2D eigenvalue weighted by atomic mass is 9.90. The van der Waals surface area contributed by atoms with Crippen LogP contribution in [0.3, 0.4) is 0 Å². The molecule has 0 unspecified atom stereocenters. The van der Waals surface area contributed by atoms with E-state index >= 15 is 0 Å². The van der Waals surface area contributed by atoms with Crippen LogP contribution in [-0.2, 0) is 9.53 Å². The molecule has 0 spiro atoms. The number of carboxylic acid groups (broad SMARTS) is 1. The Morgan fingerprint density at radius 1 is 1.21 bits per heavy atom. The molecule has 3 N–H and O–H groups in total. The zero-order valence-electron chi connectivity index (χ0n) is 11.9. The Balaban J connectivity index is 2.47. The maximum Gasteiger partial charge on any atom is 0.407 e. The van der Waals surface area contributed by atoms with Gasteiger partial charge in [-0.2, -0.15) is 0 Å². The molecule has 0 heterocycles. The highest BCUT2D eigenvalue weighted by molar-refractivity contribution is 5.69. The van der Waals surface area contributed by atoms with Crippen LogP contribution in [0.15, 0.2) is 0 Å². The van der Waals surface area contributed by atoms with Gasteiger partial charge >= 0.3 is 12.1 Å². The standard InChI is InChI=1S/C13H24N2O4/c1-13(2,3)19-12(18)15-10-7-5-4-6-9(10)14-8-11(16)17/h9-10,14H,4-8H2,1-3H3,(H,15,18)(H,16,17)/t9-,10+/m1/s1. The molecule has 0 aromatic rings. The van der Waals surface area contributed by atoms with Crippen molar-refractivity contribution in [2.75, 3.05) is 6.54 Å². The summed E-state index contributed by atoms with van der Waals surface area (Å²) in [5.74, 6) is -0.887. The highest BCUT2D eigenvalue weighted by Gasteiger charge is 2.28. The summed E-state index contributed by atoms with van der Waals surface area (Å²) in [6.07, 6.45) is 3.35. The Kier molecular flexibility index (Phi) is 5.60. The lowest BCUT2D eigenvalue weighted by molar-refractivity contribution is -0.136. The van der Waals surface area contributed by atoms with Gasteiger partial charge in [-0.15, -0.1) is 0 Å². The number of carbonyl (C=O) groups is 2. The van der Waals surface area contributed by atoms with Gasteiger partial charge in [0.05, 0.1) is 6.54 Å². The van der Waals surface area contributed by atoms with Gasteiger partial charge in [0.2, 0.25) is 0 Å². The molecule has 0 aliphatic heterocycles. The van der Waals surface area contributed by atoms with E-state index in [0.717, 1.165) is 25.7 Å². The van der Waals surface area contributed by atoms with E-state index < -0.39 is 17.7 Å².